The van der Waals surface area contributed by atoms with E-state index in [1.54, 1.807) is 14.0 Å². The Morgan fingerprint density at radius 2 is 2.12 bits per heavy atom. The molecule has 2 rings (SSSR count). The van der Waals surface area contributed by atoms with Gasteiger partial charge in [0.25, 0.3) is 0 Å². The third kappa shape index (κ3) is 6.16. The van der Waals surface area contributed by atoms with E-state index in [0.29, 0.717) is 25.1 Å². The topological polar surface area (TPSA) is 85.8 Å². The minimum Gasteiger partial charge on any atom is -0.368 e. The molecule has 1 unspecified atom stereocenters. The number of rotatable bonds is 7. The Morgan fingerprint density at radius 1 is 1.36 bits per heavy atom. The lowest BCUT2D eigenvalue weighted by Gasteiger charge is -2.21. The number of nitrogens with one attached hydrogen (secondary N) is 3. The summed E-state index contributed by atoms with van der Waals surface area (Å²) in [7, 11) is -1.44. The van der Waals surface area contributed by atoms with Gasteiger partial charge in [0, 0.05) is 43.7 Å². The van der Waals surface area contributed by atoms with Crippen molar-refractivity contribution in [2.45, 2.75) is 19.4 Å². The summed E-state index contributed by atoms with van der Waals surface area (Å²) in [5.74, 6) is 0.780. The molecule has 1 aromatic rings. The first-order valence-corrected chi connectivity index (χ1v) is 10.8. The molecule has 1 aliphatic heterocycles. The fourth-order valence-electron chi connectivity index (χ4n) is 2.68. The number of hydrogen-bond acceptors (Lipinski definition) is 4. The number of nitrogens with zero attached hydrogens (tertiary/aromatic N) is 2. The molecule has 9 heteroatoms. The molecule has 0 bridgehead atoms. The molecule has 0 amide bonds. The Kier molecular flexibility index (Phi) is 7.52. The van der Waals surface area contributed by atoms with Gasteiger partial charge in [0.1, 0.15) is 0 Å². The van der Waals surface area contributed by atoms with Gasteiger partial charge in [-0.1, -0.05) is 12.1 Å². The van der Waals surface area contributed by atoms with E-state index in [1.165, 1.54) is 5.69 Å². The average molecular weight is 432 g/mol. The minimum atomic E-state index is -3.15. The molecule has 7 nitrogen and oxygen atoms in total. The fraction of sp³-hybridized carbons (Fsp3) is 0.562. The Morgan fingerprint density at radius 3 is 2.80 bits per heavy atom. The summed E-state index contributed by atoms with van der Waals surface area (Å²) < 4.78 is 26.4. The lowest BCUT2D eigenvalue weighted by Crippen LogP contribution is -2.46. The summed E-state index contributed by atoms with van der Waals surface area (Å²) in [6.45, 7) is 4.32. The van der Waals surface area contributed by atoms with Crippen molar-refractivity contribution in [1.82, 2.24) is 15.4 Å². The van der Waals surface area contributed by atoms with Crippen molar-refractivity contribution in [3.8, 4) is 0 Å². The third-order valence-corrected chi connectivity index (χ3v) is 6.14. The number of sulfonamides is 1. The van der Waals surface area contributed by atoms with E-state index in [0.717, 1.165) is 24.0 Å². The summed E-state index contributed by atoms with van der Waals surface area (Å²) in [6.07, 6.45) is 1.02. The van der Waals surface area contributed by atoms with Gasteiger partial charge >= 0.3 is 0 Å². The minimum absolute atomic E-state index is 0.0902. The van der Waals surface area contributed by atoms with Crippen LogP contribution in [0.25, 0.3) is 0 Å². The van der Waals surface area contributed by atoms with Crippen LogP contribution in [0.3, 0.4) is 0 Å². The summed E-state index contributed by atoms with van der Waals surface area (Å²) >= 11 is 3.60. The zero-order chi connectivity index (χ0) is 18.3. The summed E-state index contributed by atoms with van der Waals surface area (Å²) in [5, 5.41) is 6.54. The average Bonchev–Trinajstić information content (AvgIpc) is 3.06. The second-order valence-corrected chi connectivity index (χ2v) is 8.77. The molecule has 1 fully saturated rings. The first-order valence-electron chi connectivity index (χ1n) is 8.39. The van der Waals surface area contributed by atoms with E-state index in [-0.39, 0.29) is 5.75 Å². The quantitative estimate of drug-likeness (QED) is 0.342. The molecule has 3 N–H and O–H groups in total. The van der Waals surface area contributed by atoms with E-state index >= 15 is 0 Å². The van der Waals surface area contributed by atoms with Gasteiger partial charge in [-0.2, -0.15) is 0 Å². The molecule has 1 aromatic carbocycles. The molecular weight excluding hydrogens is 406 g/mol. The number of anilines is 1. The van der Waals surface area contributed by atoms with E-state index in [4.69, 9.17) is 0 Å². The molecule has 1 saturated heterocycles. The van der Waals surface area contributed by atoms with Gasteiger partial charge in [-0.3, -0.25) is 4.99 Å². The van der Waals surface area contributed by atoms with Crippen LogP contribution >= 0.6 is 15.9 Å². The standard InChI is InChI=1S/C16H26BrN5O2S/c1-3-25(23,24)20-10-9-19-16(18-2)21-13-8-11-22(12-13)15-7-5-4-6-14(15)17/h4-7,13,20H,3,8-12H2,1-2H3,(H2,18,19,21). The highest BCUT2D eigenvalue weighted by Gasteiger charge is 2.24. The number of para-hydroxylation sites is 1. The largest absolute Gasteiger partial charge is 0.368 e. The zero-order valence-electron chi connectivity index (χ0n) is 14.6. The van der Waals surface area contributed by atoms with Gasteiger partial charge in [-0.25, -0.2) is 13.1 Å². The smallest absolute Gasteiger partial charge is 0.211 e. The maximum atomic E-state index is 11.4. The molecular formula is C16H26BrN5O2S. The Hall–Kier alpha value is -1.32. The number of hydrogen-bond donors (Lipinski definition) is 3. The van der Waals surface area contributed by atoms with Crippen LogP contribution in [0.2, 0.25) is 0 Å². The summed E-state index contributed by atoms with van der Waals surface area (Å²) in [4.78, 5) is 6.55. The number of aliphatic imine (C=N–C) groups is 1. The number of guanidine groups is 1. The molecule has 0 aromatic heterocycles. The summed E-state index contributed by atoms with van der Waals surface area (Å²) in [6, 6.07) is 8.51. The van der Waals surface area contributed by atoms with Crippen LogP contribution in [0.4, 0.5) is 5.69 Å². The lowest BCUT2D eigenvalue weighted by atomic mass is 10.3. The van der Waals surface area contributed by atoms with Crippen LogP contribution in [0.15, 0.2) is 33.7 Å². The van der Waals surface area contributed by atoms with Gasteiger partial charge in [0.15, 0.2) is 5.96 Å². The van der Waals surface area contributed by atoms with E-state index in [2.05, 4.69) is 47.2 Å². The normalized spacial score (nSPS) is 18.4. The molecule has 1 atom stereocenters. The van der Waals surface area contributed by atoms with Crippen molar-refractivity contribution in [3.05, 3.63) is 28.7 Å². The highest BCUT2D eigenvalue weighted by Crippen LogP contribution is 2.28. The van der Waals surface area contributed by atoms with Crippen LogP contribution in [0, 0.1) is 0 Å². The Balaban J connectivity index is 1.78. The van der Waals surface area contributed by atoms with Crippen molar-refractivity contribution in [3.63, 3.8) is 0 Å². The molecule has 0 spiro atoms. The van der Waals surface area contributed by atoms with Gasteiger partial charge in [0.2, 0.25) is 10.0 Å². The number of benzene rings is 1. The Labute approximate surface area is 158 Å². The lowest BCUT2D eigenvalue weighted by molar-refractivity contribution is 0.581. The molecule has 140 valence electrons. The molecule has 0 saturated carbocycles. The maximum Gasteiger partial charge on any atom is 0.211 e. The van der Waals surface area contributed by atoms with Gasteiger partial charge in [-0.05, 0) is 41.4 Å². The van der Waals surface area contributed by atoms with Gasteiger partial charge in [-0.15, -0.1) is 0 Å². The second kappa shape index (κ2) is 9.40. The van der Waals surface area contributed by atoms with E-state index < -0.39 is 10.0 Å². The van der Waals surface area contributed by atoms with Crippen molar-refractivity contribution in [1.29, 1.82) is 0 Å². The van der Waals surface area contributed by atoms with Crippen molar-refractivity contribution in [2.75, 3.05) is 43.9 Å². The molecule has 25 heavy (non-hydrogen) atoms. The predicted octanol–water partition coefficient (Wildman–Crippen LogP) is 1.13. The number of halogens is 1. The molecule has 0 aliphatic carbocycles. The third-order valence-electron chi connectivity index (χ3n) is 4.07. The van der Waals surface area contributed by atoms with Crippen molar-refractivity contribution >= 4 is 37.6 Å². The van der Waals surface area contributed by atoms with Crippen LogP contribution < -0.4 is 20.3 Å². The summed E-state index contributed by atoms with van der Waals surface area (Å²) in [5.41, 5.74) is 1.20. The van der Waals surface area contributed by atoms with Crippen LogP contribution in [0.1, 0.15) is 13.3 Å². The molecule has 1 aliphatic rings. The van der Waals surface area contributed by atoms with E-state index in [9.17, 15) is 8.42 Å². The second-order valence-electron chi connectivity index (χ2n) is 5.82. The first kappa shape index (κ1) is 20.0. The van der Waals surface area contributed by atoms with Gasteiger partial charge in [0.05, 0.1) is 11.4 Å². The predicted molar refractivity (Wildman–Crippen MR) is 107 cm³/mol. The maximum absolute atomic E-state index is 11.4. The van der Waals surface area contributed by atoms with Crippen LogP contribution in [-0.4, -0.2) is 59.4 Å². The monoisotopic (exact) mass is 431 g/mol. The SMILES string of the molecule is CCS(=O)(=O)NCCNC(=NC)NC1CCN(c2ccccc2Br)C1. The first-order chi connectivity index (χ1) is 11.9. The van der Waals surface area contributed by atoms with Crippen molar-refractivity contribution in [2.24, 2.45) is 4.99 Å². The van der Waals surface area contributed by atoms with Crippen molar-refractivity contribution < 1.29 is 8.42 Å². The van der Waals surface area contributed by atoms with Crippen LogP contribution in [-0.2, 0) is 10.0 Å². The zero-order valence-corrected chi connectivity index (χ0v) is 17.0. The Bertz CT molecular complexity index is 696. The molecule has 1 heterocycles. The fourth-order valence-corrected chi connectivity index (χ4v) is 3.84. The molecule has 0 radical (unpaired) electrons. The highest BCUT2D eigenvalue weighted by atomic mass is 79.9. The van der Waals surface area contributed by atoms with Crippen LogP contribution in [0.5, 0.6) is 0 Å². The highest BCUT2D eigenvalue weighted by molar-refractivity contribution is 9.10. The van der Waals surface area contributed by atoms with E-state index in [1.807, 2.05) is 18.2 Å². The van der Waals surface area contributed by atoms with Gasteiger partial charge < -0.3 is 15.5 Å².